The van der Waals surface area contributed by atoms with Crippen molar-refractivity contribution in [3.63, 3.8) is 0 Å². The van der Waals surface area contributed by atoms with Gasteiger partial charge in [-0.2, -0.15) is 0 Å². The van der Waals surface area contributed by atoms with E-state index in [4.69, 9.17) is 23.2 Å². The van der Waals surface area contributed by atoms with Gasteiger partial charge in [0.15, 0.2) is 0 Å². The molecule has 1 aromatic carbocycles. The third-order valence-electron chi connectivity index (χ3n) is 2.27. The normalized spacial score (nSPS) is 12.4. The van der Waals surface area contributed by atoms with Gasteiger partial charge in [-0.25, -0.2) is 0 Å². The molecule has 0 radical (unpaired) electrons. The van der Waals surface area contributed by atoms with Gasteiger partial charge in [0.2, 0.25) is 0 Å². The van der Waals surface area contributed by atoms with Gasteiger partial charge in [-0.05, 0) is 36.6 Å². The number of nitrogens with one attached hydrogen (secondary N) is 1. The van der Waals surface area contributed by atoms with Crippen LogP contribution in [0.4, 0.5) is 5.69 Å². The van der Waals surface area contributed by atoms with Gasteiger partial charge in [-0.3, -0.25) is 0 Å². The quantitative estimate of drug-likeness (QED) is 0.806. The maximum atomic E-state index is 6.09. The van der Waals surface area contributed by atoms with E-state index in [9.17, 15) is 0 Å². The largest absolute Gasteiger partial charge is 0.377 e. The van der Waals surface area contributed by atoms with E-state index in [1.807, 2.05) is 18.2 Å². The highest BCUT2D eigenvalue weighted by atomic mass is 35.5. The number of thiophene rings is 1. The van der Waals surface area contributed by atoms with Gasteiger partial charge in [-0.15, -0.1) is 11.3 Å². The average molecular weight is 272 g/mol. The molecule has 2 aromatic rings. The molecule has 0 fully saturated rings. The van der Waals surface area contributed by atoms with Gasteiger partial charge in [0, 0.05) is 9.90 Å². The lowest BCUT2D eigenvalue weighted by Crippen LogP contribution is -2.04. The molecule has 0 saturated heterocycles. The van der Waals surface area contributed by atoms with Crippen LogP contribution in [-0.4, -0.2) is 0 Å². The molecule has 1 aromatic heterocycles. The van der Waals surface area contributed by atoms with Crippen LogP contribution in [0.15, 0.2) is 35.7 Å². The maximum absolute atomic E-state index is 6.09. The van der Waals surface area contributed by atoms with E-state index < -0.39 is 0 Å². The summed E-state index contributed by atoms with van der Waals surface area (Å²) in [6, 6.07) is 9.87. The Morgan fingerprint density at radius 1 is 1.25 bits per heavy atom. The second-order valence-corrected chi connectivity index (χ2v) is 5.33. The Hall–Kier alpha value is -0.700. The molecular formula is C12H11Cl2NS. The van der Waals surface area contributed by atoms with Gasteiger partial charge in [0.1, 0.15) is 0 Å². The van der Waals surface area contributed by atoms with Crippen LogP contribution in [0.2, 0.25) is 10.0 Å². The first-order chi connectivity index (χ1) is 7.66. The number of hydrogen-bond acceptors (Lipinski definition) is 2. The third-order valence-corrected chi connectivity index (χ3v) is 3.88. The predicted molar refractivity (Wildman–Crippen MR) is 72.8 cm³/mol. The molecule has 1 nitrogen and oxygen atoms in total. The van der Waals surface area contributed by atoms with E-state index in [2.05, 4.69) is 23.7 Å². The van der Waals surface area contributed by atoms with Gasteiger partial charge in [0.05, 0.1) is 16.8 Å². The second-order valence-electron chi connectivity index (χ2n) is 3.51. The van der Waals surface area contributed by atoms with Gasteiger partial charge in [-0.1, -0.05) is 29.3 Å². The van der Waals surface area contributed by atoms with Gasteiger partial charge in [0.25, 0.3) is 0 Å². The molecule has 0 amide bonds. The van der Waals surface area contributed by atoms with E-state index in [-0.39, 0.29) is 6.04 Å². The van der Waals surface area contributed by atoms with Crippen molar-refractivity contribution in [2.75, 3.05) is 5.32 Å². The minimum Gasteiger partial charge on any atom is -0.377 e. The molecular weight excluding hydrogens is 261 g/mol. The molecule has 0 aliphatic heterocycles. The third kappa shape index (κ3) is 2.70. The van der Waals surface area contributed by atoms with Crippen LogP contribution >= 0.6 is 34.5 Å². The van der Waals surface area contributed by atoms with Crippen LogP contribution in [0.25, 0.3) is 0 Å². The van der Waals surface area contributed by atoms with Crippen LogP contribution in [-0.2, 0) is 0 Å². The fraction of sp³-hybridized carbons (Fsp3) is 0.167. The summed E-state index contributed by atoms with van der Waals surface area (Å²) in [4.78, 5) is 1.28. The Morgan fingerprint density at radius 3 is 2.69 bits per heavy atom. The lowest BCUT2D eigenvalue weighted by atomic mass is 10.2. The highest BCUT2D eigenvalue weighted by molar-refractivity contribution is 7.10. The molecule has 1 unspecified atom stereocenters. The smallest absolute Gasteiger partial charge is 0.0652 e. The molecule has 1 atom stereocenters. The van der Waals surface area contributed by atoms with Crippen LogP contribution in [0.3, 0.4) is 0 Å². The van der Waals surface area contributed by atoms with Crippen molar-refractivity contribution in [1.82, 2.24) is 0 Å². The van der Waals surface area contributed by atoms with Crippen molar-refractivity contribution >= 4 is 40.2 Å². The molecule has 16 heavy (non-hydrogen) atoms. The zero-order chi connectivity index (χ0) is 11.5. The first-order valence-corrected chi connectivity index (χ1v) is 6.55. The molecule has 1 heterocycles. The lowest BCUT2D eigenvalue weighted by molar-refractivity contribution is 0.908. The SMILES string of the molecule is CC(Nc1ccc(Cl)cc1Cl)c1cccs1. The summed E-state index contributed by atoms with van der Waals surface area (Å²) >= 11 is 13.7. The lowest BCUT2D eigenvalue weighted by Gasteiger charge is -2.14. The van der Waals surface area contributed by atoms with Crippen molar-refractivity contribution in [2.45, 2.75) is 13.0 Å². The predicted octanol–water partition coefficient (Wildman–Crippen LogP) is 5.23. The maximum Gasteiger partial charge on any atom is 0.0652 e. The number of hydrogen-bond donors (Lipinski definition) is 1. The van der Waals surface area contributed by atoms with Gasteiger partial charge < -0.3 is 5.32 Å². The van der Waals surface area contributed by atoms with Crippen molar-refractivity contribution in [1.29, 1.82) is 0 Å². The zero-order valence-corrected chi connectivity index (χ0v) is 11.0. The molecule has 0 bridgehead atoms. The fourth-order valence-corrected chi connectivity index (χ4v) is 2.65. The Kier molecular flexibility index (Phi) is 3.74. The summed E-state index contributed by atoms with van der Waals surface area (Å²) in [7, 11) is 0. The zero-order valence-electron chi connectivity index (χ0n) is 8.71. The minimum atomic E-state index is 0.249. The van der Waals surface area contributed by atoms with Gasteiger partial charge >= 0.3 is 0 Å². The second kappa shape index (κ2) is 5.09. The summed E-state index contributed by atoms with van der Waals surface area (Å²) in [5.74, 6) is 0. The highest BCUT2D eigenvalue weighted by Gasteiger charge is 2.08. The number of anilines is 1. The van der Waals surface area contributed by atoms with E-state index >= 15 is 0 Å². The summed E-state index contributed by atoms with van der Waals surface area (Å²) < 4.78 is 0. The van der Waals surface area contributed by atoms with Crippen molar-refractivity contribution in [2.24, 2.45) is 0 Å². The summed E-state index contributed by atoms with van der Waals surface area (Å²) in [6.07, 6.45) is 0. The monoisotopic (exact) mass is 271 g/mol. The van der Waals surface area contributed by atoms with Crippen molar-refractivity contribution in [3.05, 3.63) is 50.6 Å². The van der Waals surface area contributed by atoms with E-state index in [1.165, 1.54) is 4.88 Å². The van der Waals surface area contributed by atoms with E-state index in [0.29, 0.717) is 10.0 Å². The minimum absolute atomic E-state index is 0.249. The molecule has 84 valence electrons. The molecule has 0 saturated carbocycles. The Bertz CT molecular complexity index is 468. The van der Waals surface area contributed by atoms with Crippen molar-refractivity contribution < 1.29 is 0 Å². The van der Waals surface area contributed by atoms with E-state index in [0.717, 1.165) is 5.69 Å². The van der Waals surface area contributed by atoms with E-state index in [1.54, 1.807) is 17.4 Å². The average Bonchev–Trinajstić information content (AvgIpc) is 2.75. The fourth-order valence-electron chi connectivity index (χ4n) is 1.45. The van der Waals surface area contributed by atoms with Crippen molar-refractivity contribution in [3.8, 4) is 0 Å². The molecule has 0 aliphatic carbocycles. The molecule has 1 N–H and O–H groups in total. The summed E-state index contributed by atoms with van der Waals surface area (Å²) in [6.45, 7) is 2.11. The molecule has 0 aliphatic rings. The van der Waals surface area contributed by atoms with Crippen LogP contribution in [0.5, 0.6) is 0 Å². The van der Waals surface area contributed by atoms with Crippen LogP contribution in [0.1, 0.15) is 17.8 Å². The first-order valence-electron chi connectivity index (χ1n) is 4.92. The molecule has 4 heteroatoms. The molecule has 0 spiro atoms. The summed E-state index contributed by atoms with van der Waals surface area (Å²) in [5, 5.41) is 6.73. The highest BCUT2D eigenvalue weighted by Crippen LogP contribution is 2.29. The van der Waals surface area contributed by atoms with Crippen LogP contribution < -0.4 is 5.32 Å². The Balaban J connectivity index is 2.15. The topological polar surface area (TPSA) is 12.0 Å². The number of rotatable bonds is 3. The standard InChI is InChI=1S/C12H11Cl2NS/c1-8(12-3-2-6-16-12)15-11-5-4-9(13)7-10(11)14/h2-8,15H,1H3. The Morgan fingerprint density at radius 2 is 2.06 bits per heavy atom. The number of halogens is 2. The number of benzene rings is 1. The molecule has 2 rings (SSSR count). The Labute approximate surface area is 109 Å². The first kappa shape index (κ1) is 11.8. The summed E-state index contributed by atoms with van der Waals surface area (Å²) in [5.41, 5.74) is 0.909. The van der Waals surface area contributed by atoms with Crippen LogP contribution in [0, 0.1) is 0 Å².